The third-order valence-electron chi connectivity index (χ3n) is 4.82. The summed E-state index contributed by atoms with van der Waals surface area (Å²) < 4.78 is 66.7. The van der Waals surface area contributed by atoms with Crippen molar-refractivity contribution < 1.29 is 26.4 Å². The van der Waals surface area contributed by atoms with Gasteiger partial charge in [0.05, 0.1) is 11.9 Å². The molecule has 3 rings (SSSR count). The molecule has 29 heavy (non-hydrogen) atoms. The number of piperidine rings is 1. The van der Waals surface area contributed by atoms with Crippen LogP contribution in [0.5, 0.6) is 0 Å². The van der Waals surface area contributed by atoms with Gasteiger partial charge in [-0.15, -0.1) is 0 Å². The summed E-state index contributed by atoms with van der Waals surface area (Å²) in [5.74, 6) is -1.06. The Labute approximate surface area is 165 Å². The van der Waals surface area contributed by atoms with Gasteiger partial charge >= 0.3 is 6.03 Å². The van der Waals surface area contributed by atoms with Gasteiger partial charge in [-0.3, -0.25) is 15.1 Å². The van der Waals surface area contributed by atoms with Crippen LogP contribution in [-0.2, 0) is 16.9 Å². The molecule has 2 aromatic rings. The van der Waals surface area contributed by atoms with Gasteiger partial charge in [0.2, 0.25) is 0 Å². The minimum Gasteiger partial charge on any atom is -0.324 e. The Morgan fingerprint density at radius 1 is 1.34 bits per heavy atom. The SMILES string of the molecule is Cn1cc(S(=O)(=O)C[C@H](F)C2CCN(C(=O)Nc3ccn[nH]3)CC2)c(C(F)F)n1. The number of nitrogens with one attached hydrogen (secondary N) is 2. The maximum atomic E-state index is 14.7. The molecule has 2 amide bonds. The third-order valence-corrected chi connectivity index (χ3v) is 6.57. The highest BCUT2D eigenvalue weighted by atomic mass is 32.2. The topological polar surface area (TPSA) is 113 Å². The summed E-state index contributed by atoms with van der Waals surface area (Å²) in [6.07, 6.45) is -1.83. The quantitative estimate of drug-likeness (QED) is 0.723. The molecule has 1 fully saturated rings. The molecule has 0 radical (unpaired) electrons. The lowest BCUT2D eigenvalue weighted by atomic mass is 9.93. The minimum absolute atomic E-state index is 0.250. The van der Waals surface area contributed by atoms with Gasteiger partial charge in [0, 0.05) is 32.4 Å². The molecule has 0 saturated carbocycles. The van der Waals surface area contributed by atoms with Crippen LogP contribution in [0.3, 0.4) is 0 Å². The number of carbonyl (C=O) groups is 1. The Balaban J connectivity index is 1.58. The van der Waals surface area contributed by atoms with Crippen LogP contribution in [0.2, 0.25) is 0 Å². The number of likely N-dealkylation sites (tertiary alicyclic amines) is 1. The number of nitrogens with zero attached hydrogens (tertiary/aromatic N) is 4. The zero-order valence-electron chi connectivity index (χ0n) is 15.6. The molecular formula is C16H21F3N6O3S. The first-order chi connectivity index (χ1) is 13.7. The normalized spacial score (nSPS) is 16.9. The number of halogens is 3. The Morgan fingerprint density at radius 3 is 2.62 bits per heavy atom. The molecule has 1 atom stereocenters. The third kappa shape index (κ3) is 4.89. The number of sulfone groups is 1. The summed E-state index contributed by atoms with van der Waals surface area (Å²) >= 11 is 0. The lowest BCUT2D eigenvalue weighted by Gasteiger charge is -2.33. The highest BCUT2D eigenvalue weighted by molar-refractivity contribution is 7.91. The van der Waals surface area contributed by atoms with Gasteiger partial charge in [-0.05, 0) is 18.8 Å². The fourth-order valence-corrected chi connectivity index (χ4v) is 4.93. The van der Waals surface area contributed by atoms with Crippen molar-refractivity contribution in [3.8, 4) is 0 Å². The van der Waals surface area contributed by atoms with Gasteiger partial charge in [-0.1, -0.05) is 0 Å². The molecule has 0 aliphatic carbocycles. The summed E-state index contributed by atoms with van der Waals surface area (Å²) in [6, 6.07) is 1.21. The van der Waals surface area contributed by atoms with E-state index in [-0.39, 0.29) is 32.0 Å². The van der Waals surface area contributed by atoms with Gasteiger partial charge in [-0.2, -0.15) is 10.2 Å². The van der Waals surface area contributed by atoms with Crippen molar-refractivity contribution in [2.24, 2.45) is 13.0 Å². The van der Waals surface area contributed by atoms with E-state index in [0.29, 0.717) is 5.82 Å². The number of alkyl halides is 3. The van der Waals surface area contributed by atoms with E-state index in [4.69, 9.17) is 0 Å². The average molecular weight is 434 g/mol. The van der Waals surface area contributed by atoms with Gasteiger partial charge in [0.1, 0.15) is 22.6 Å². The number of hydrogen-bond donors (Lipinski definition) is 2. The zero-order valence-corrected chi connectivity index (χ0v) is 16.4. The standard InChI is InChI=1S/C16H21F3N6O3S/c1-24-8-12(14(23-24)15(18)19)29(27,28)9-11(17)10-3-6-25(7-4-10)16(26)21-13-2-5-20-22-13/h2,5,8,10-11,15H,3-4,6-7,9H2,1H3,(H2,20,21,22,26)/t11-/m0/s1. The molecule has 1 aliphatic heterocycles. The predicted octanol–water partition coefficient (Wildman–Crippen LogP) is 2.14. The van der Waals surface area contributed by atoms with E-state index in [1.165, 1.54) is 18.1 Å². The van der Waals surface area contributed by atoms with Crippen molar-refractivity contribution in [1.29, 1.82) is 0 Å². The molecule has 0 spiro atoms. The van der Waals surface area contributed by atoms with E-state index in [1.54, 1.807) is 6.07 Å². The van der Waals surface area contributed by atoms with E-state index >= 15 is 0 Å². The Morgan fingerprint density at radius 2 is 2.03 bits per heavy atom. The van der Waals surface area contributed by atoms with Crippen LogP contribution in [0, 0.1) is 5.92 Å². The highest BCUT2D eigenvalue weighted by Crippen LogP contribution is 2.29. The molecule has 2 aromatic heterocycles. The van der Waals surface area contributed by atoms with E-state index in [9.17, 15) is 26.4 Å². The van der Waals surface area contributed by atoms with Crippen LogP contribution in [-0.4, -0.2) is 64.3 Å². The number of amides is 2. The lowest BCUT2D eigenvalue weighted by molar-refractivity contribution is 0.141. The van der Waals surface area contributed by atoms with Crippen LogP contribution in [0.15, 0.2) is 23.4 Å². The molecule has 1 saturated heterocycles. The molecule has 0 unspecified atom stereocenters. The smallest absolute Gasteiger partial charge is 0.322 e. The summed E-state index contributed by atoms with van der Waals surface area (Å²) in [4.78, 5) is 13.0. The fraction of sp³-hybridized carbons (Fsp3) is 0.562. The monoisotopic (exact) mass is 434 g/mol. The van der Waals surface area contributed by atoms with Crippen LogP contribution in [0.25, 0.3) is 0 Å². The van der Waals surface area contributed by atoms with E-state index in [1.807, 2.05) is 0 Å². The first-order valence-electron chi connectivity index (χ1n) is 8.91. The average Bonchev–Trinajstić information content (AvgIpc) is 3.31. The van der Waals surface area contributed by atoms with Crippen molar-refractivity contribution >= 4 is 21.7 Å². The maximum Gasteiger partial charge on any atom is 0.322 e. The van der Waals surface area contributed by atoms with Crippen LogP contribution in [0.4, 0.5) is 23.8 Å². The number of anilines is 1. The molecule has 9 nitrogen and oxygen atoms in total. The van der Waals surface area contributed by atoms with Gasteiger partial charge in [0.25, 0.3) is 6.43 Å². The predicted molar refractivity (Wildman–Crippen MR) is 97.0 cm³/mol. The van der Waals surface area contributed by atoms with Crippen molar-refractivity contribution in [2.75, 3.05) is 24.2 Å². The number of aromatic amines is 1. The summed E-state index contributed by atoms with van der Waals surface area (Å²) in [5.41, 5.74) is -0.870. The Bertz CT molecular complexity index is 939. The maximum absolute atomic E-state index is 14.7. The van der Waals surface area contributed by atoms with Crippen LogP contribution in [0.1, 0.15) is 25.0 Å². The summed E-state index contributed by atoms with van der Waals surface area (Å²) in [7, 11) is -2.95. The zero-order chi connectivity index (χ0) is 21.2. The largest absolute Gasteiger partial charge is 0.324 e. The molecule has 13 heteroatoms. The van der Waals surface area contributed by atoms with Gasteiger partial charge in [0.15, 0.2) is 9.84 Å². The summed E-state index contributed by atoms with van der Waals surface area (Å²) in [6.45, 7) is 0.501. The number of aromatic nitrogens is 4. The molecule has 1 aliphatic rings. The minimum atomic E-state index is -4.27. The summed E-state index contributed by atoms with van der Waals surface area (Å²) in [5, 5.41) is 12.4. The first-order valence-corrected chi connectivity index (χ1v) is 10.6. The molecule has 0 bridgehead atoms. The number of hydrogen-bond acceptors (Lipinski definition) is 5. The molecular weight excluding hydrogens is 413 g/mol. The van der Waals surface area contributed by atoms with E-state index in [2.05, 4.69) is 20.6 Å². The number of H-pyrrole nitrogens is 1. The second kappa shape index (κ2) is 8.43. The van der Waals surface area contributed by atoms with Crippen LogP contribution < -0.4 is 5.32 Å². The molecule has 160 valence electrons. The number of rotatable bonds is 6. The Kier molecular flexibility index (Phi) is 6.15. The van der Waals surface area contributed by atoms with E-state index < -0.39 is 44.7 Å². The van der Waals surface area contributed by atoms with Crippen molar-refractivity contribution in [2.45, 2.75) is 30.3 Å². The lowest BCUT2D eigenvalue weighted by Crippen LogP contribution is -2.43. The number of aryl methyl sites for hydroxylation is 1. The van der Waals surface area contributed by atoms with Gasteiger partial charge < -0.3 is 4.90 Å². The van der Waals surface area contributed by atoms with E-state index in [0.717, 1.165) is 10.9 Å². The van der Waals surface area contributed by atoms with Crippen molar-refractivity contribution in [3.05, 3.63) is 24.2 Å². The van der Waals surface area contributed by atoms with Gasteiger partial charge in [-0.25, -0.2) is 26.4 Å². The van der Waals surface area contributed by atoms with Crippen LogP contribution >= 0.6 is 0 Å². The van der Waals surface area contributed by atoms with Crippen molar-refractivity contribution in [1.82, 2.24) is 24.9 Å². The molecule has 2 N–H and O–H groups in total. The second-order valence-corrected chi connectivity index (χ2v) is 8.88. The molecule has 3 heterocycles. The molecule has 0 aromatic carbocycles. The fourth-order valence-electron chi connectivity index (χ4n) is 3.29. The van der Waals surface area contributed by atoms with Crippen molar-refractivity contribution in [3.63, 3.8) is 0 Å². The number of carbonyl (C=O) groups excluding carboxylic acids is 1. The second-order valence-electron chi connectivity index (χ2n) is 6.88. The number of urea groups is 1. The first kappa shape index (κ1) is 21.1. The highest BCUT2D eigenvalue weighted by Gasteiger charge is 2.35. The Hall–Kier alpha value is -2.57.